The van der Waals surface area contributed by atoms with E-state index in [-0.39, 0.29) is 55.5 Å². The monoisotopic (exact) mass is 704 g/mol. The predicted octanol–water partition coefficient (Wildman–Crippen LogP) is 8.95. The SMILES string of the molecule is CC1(C)CC2(CC(C)(C)c3cc(O)c(O)cc32)c2cc(O)c(O)cc21.CC1(C)CC2(CC(C)(C)c3cc4c(cc32)OCO4)c2cc3c(cc21)OCO3. The van der Waals surface area contributed by atoms with Crippen LogP contribution >= 0.6 is 0 Å². The molecule has 2 spiro atoms. The van der Waals surface area contributed by atoms with Crippen LogP contribution in [-0.4, -0.2) is 34.0 Å². The van der Waals surface area contributed by atoms with E-state index in [4.69, 9.17) is 18.9 Å². The van der Waals surface area contributed by atoms with E-state index >= 15 is 0 Å². The standard InChI is InChI=1S/C23H24O4.C21H24O4/c1-21(2)9-23(15-7-19-17(5-13(15)21)24-11-26-19)10-22(3,4)14-6-18-20(8-16(14)23)27-12-25-18;1-19(2)9-21(13-7-17(24)15(22)5-11(13)19)10-20(3,4)12-6-16(23)18(25)8-14(12)21/h5-8H,9-12H2,1-4H3;5-8,22-25H,9-10H2,1-4H3. The summed E-state index contributed by atoms with van der Waals surface area (Å²) in [6.07, 6.45) is 3.79. The highest BCUT2D eigenvalue weighted by molar-refractivity contribution is 5.67. The molecule has 0 aromatic heterocycles. The van der Waals surface area contributed by atoms with Gasteiger partial charge < -0.3 is 39.4 Å². The van der Waals surface area contributed by atoms with Gasteiger partial charge in [0.15, 0.2) is 46.0 Å². The lowest BCUT2D eigenvalue weighted by atomic mass is 9.72. The van der Waals surface area contributed by atoms with Crippen LogP contribution in [-0.2, 0) is 32.5 Å². The summed E-state index contributed by atoms with van der Waals surface area (Å²) in [5.41, 5.74) is 9.03. The average molecular weight is 705 g/mol. The number of ether oxygens (including phenoxy) is 4. The number of aromatic hydroxyl groups is 4. The molecule has 4 aliphatic carbocycles. The third-order valence-electron chi connectivity index (χ3n) is 13.2. The number of benzene rings is 4. The highest BCUT2D eigenvalue weighted by atomic mass is 16.7. The Balaban J connectivity index is 0.000000139. The second-order valence-electron chi connectivity index (χ2n) is 18.7. The fourth-order valence-electron chi connectivity index (χ4n) is 11.4. The molecule has 0 saturated carbocycles. The molecule has 0 amide bonds. The Morgan fingerprint density at radius 2 is 0.558 bits per heavy atom. The molecule has 6 aliphatic rings. The second kappa shape index (κ2) is 10.0. The Hall–Kier alpha value is -4.72. The quantitative estimate of drug-likeness (QED) is 0.134. The molecule has 4 aromatic carbocycles. The highest BCUT2D eigenvalue weighted by Gasteiger charge is 2.58. The molecule has 0 bridgehead atoms. The third-order valence-corrected chi connectivity index (χ3v) is 13.2. The van der Waals surface area contributed by atoms with Gasteiger partial charge in [0.25, 0.3) is 0 Å². The van der Waals surface area contributed by atoms with E-state index in [1.54, 1.807) is 24.3 Å². The minimum absolute atomic E-state index is 0.0281. The number of phenolic OH excluding ortho intramolecular Hbond substituents is 4. The maximum atomic E-state index is 10.1. The summed E-state index contributed by atoms with van der Waals surface area (Å²) in [6, 6.07) is 15.6. The van der Waals surface area contributed by atoms with Crippen LogP contribution in [0.25, 0.3) is 0 Å². The molecule has 0 fully saturated rings. The largest absolute Gasteiger partial charge is 0.504 e. The predicted molar refractivity (Wildman–Crippen MR) is 197 cm³/mol. The summed E-state index contributed by atoms with van der Waals surface area (Å²) in [4.78, 5) is 0. The first kappa shape index (κ1) is 33.1. The molecule has 2 heterocycles. The smallest absolute Gasteiger partial charge is 0.231 e. The third kappa shape index (κ3) is 4.32. The van der Waals surface area contributed by atoms with Gasteiger partial charge in [-0.05, 0) is 140 Å². The van der Waals surface area contributed by atoms with E-state index in [0.29, 0.717) is 13.6 Å². The number of fused-ring (bicyclic) bond motifs is 10. The van der Waals surface area contributed by atoms with Gasteiger partial charge in [0.1, 0.15) is 0 Å². The molecule has 272 valence electrons. The van der Waals surface area contributed by atoms with Gasteiger partial charge in [0, 0.05) is 10.8 Å². The summed E-state index contributed by atoms with van der Waals surface area (Å²) in [7, 11) is 0. The maximum absolute atomic E-state index is 10.1. The summed E-state index contributed by atoms with van der Waals surface area (Å²) >= 11 is 0. The molecule has 8 nitrogen and oxygen atoms in total. The van der Waals surface area contributed by atoms with E-state index in [1.165, 1.54) is 22.3 Å². The lowest BCUT2D eigenvalue weighted by molar-refractivity contribution is 0.173. The molecule has 0 radical (unpaired) electrons. The van der Waals surface area contributed by atoms with Gasteiger partial charge >= 0.3 is 0 Å². The van der Waals surface area contributed by atoms with Crippen LogP contribution in [0.3, 0.4) is 0 Å². The van der Waals surface area contributed by atoms with Crippen LogP contribution in [0.5, 0.6) is 46.0 Å². The van der Waals surface area contributed by atoms with Gasteiger partial charge in [-0.1, -0.05) is 55.4 Å². The summed E-state index contributed by atoms with van der Waals surface area (Å²) in [6.45, 7) is 18.6. The lowest BCUT2D eigenvalue weighted by Gasteiger charge is -2.30. The Morgan fingerprint density at radius 1 is 0.346 bits per heavy atom. The zero-order valence-corrected chi connectivity index (χ0v) is 31.3. The van der Waals surface area contributed by atoms with Crippen LogP contribution in [0.1, 0.15) is 126 Å². The number of phenols is 4. The zero-order chi connectivity index (χ0) is 37.0. The number of hydrogen-bond acceptors (Lipinski definition) is 8. The van der Waals surface area contributed by atoms with Crippen molar-refractivity contribution in [3.63, 3.8) is 0 Å². The highest BCUT2D eigenvalue weighted by Crippen LogP contribution is 2.66. The van der Waals surface area contributed by atoms with Crippen LogP contribution in [0, 0.1) is 0 Å². The first-order chi connectivity index (χ1) is 24.3. The number of rotatable bonds is 0. The van der Waals surface area contributed by atoms with E-state index in [1.807, 2.05) is 0 Å². The topological polar surface area (TPSA) is 118 Å². The zero-order valence-electron chi connectivity index (χ0n) is 31.3. The Labute approximate surface area is 305 Å². The molecular formula is C44H48O8. The molecular weight excluding hydrogens is 656 g/mol. The summed E-state index contributed by atoms with van der Waals surface area (Å²) in [5, 5.41) is 40.3. The second-order valence-corrected chi connectivity index (χ2v) is 18.7. The van der Waals surface area contributed by atoms with Crippen molar-refractivity contribution in [2.75, 3.05) is 13.6 Å². The molecule has 10 rings (SSSR count). The van der Waals surface area contributed by atoms with Crippen LogP contribution in [0.15, 0.2) is 48.5 Å². The normalized spacial score (nSPS) is 22.5. The van der Waals surface area contributed by atoms with E-state index in [9.17, 15) is 20.4 Å². The molecule has 4 N–H and O–H groups in total. The minimum Gasteiger partial charge on any atom is -0.504 e. The lowest BCUT2D eigenvalue weighted by Crippen LogP contribution is -2.27. The first-order valence-electron chi connectivity index (χ1n) is 18.3. The Kier molecular flexibility index (Phi) is 6.39. The Morgan fingerprint density at radius 3 is 0.846 bits per heavy atom. The molecule has 0 atom stereocenters. The number of hydrogen-bond donors (Lipinski definition) is 4. The van der Waals surface area contributed by atoms with Gasteiger partial charge in [0.05, 0.1) is 0 Å². The molecule has 4 aromatic rings. The van der Waals surface area contributed by atoms with E-state index in [0.717, 1.165) is 70.9 Å². The minimum atomic E-state index is -0.353. The summed E-state index contributed by atoms with van der Waals surface area (Å²) < 4.78 is 22.8. The molecule has 0 unspecified atom stereocenters. The van der Waals surface area contributed by atoms with Gasteiger partial charge in [-0.3, -0.25) is 0 Å². The molecule has 52 heavy (non-hydrogen) atoms. The van der Waals surface area contributed by atoms with Crippen molar-refractivity contribution in [3.8, 4) is 46.0 Å². The van der Waals surface area contributed by atoms with Gasteiger partial charge in [-0.15, -0.1) is 0 Å². The molecule has 0 saturated heterocycles. The first-order valence-corrected chi connectivity index (χ1v) is 18.3. The van der Waals surface area contributed by atoms with Crippen molar-refractivity contribution in [1.29, 1.82) is 0 Å². The van der Waals surface area contributed by atoms with Gasteiger partial charge in [-0.2, -0.15) is 0 Å². The fraction of sp³-hybridized carbons (Fsp3) is 0.455. The van der Waals surface area contributed by atoms with Crippen molar-refractivity contribution in [2.45, 2.75) is 114 Å². The van der Waals surface area contributed by atoms with E-state index < -0.39 is 0 Å². The van der Waals surface area contributed by atoms with Crippen molar-refractivity contribution < 1.29 is 39.4 Å². The molecule has 2 aliphatic heterocycles. The van der Waals surface area contributed by atoms with Crippen molar-refractivity contribution in [1.82, 2.24) is 0 Å². The average Bonchev–Trinajstić information content (AvgIpc) is 3.86. The Bertz CT molecular complexity index is 2070. The fourth-order valence-corrected chi connectivity index (χ4v) is 11.4. The van der Waals surface area contributed by atoms with Crippen LogP contribution in [0.4, 0.5) is 0 Å². The van der Waals surface area contributed by atoms with Crippen molar-refractivity contribution in [3.05, 3.63) is 93.0 Å². The van der Waals surface area contributed by atoms with Crippen molar-refractivity contribution in [2.24, 2.45) is 0 Å². The van der Waals surface area contributed by atoms with Crippen molar-refractivity contribution >= 4 is 0 Å². The molecule has 8 heteroatoms. The van der Waals surface area contributed by atoms with Crippen LogP contribution < -0.4 is 18.9 Å². The van der Waals surface area contributed by atoms with Gasteiger partial charge in [-0.25, -0.2) is 0 Å². The van der Waals surface area contributed by atoms with Crippen LogP contribution in [0.2, 0.25) is 0 Å². The van der Waals surface area contributed by atoms with E-state index in [2.05, 4.69) is 79.7 Å². The van der Waals surface area contributed by atoms with Gasteiger partial charge in [0.2, 0.25) is 13.6 Å². The summed E-state index contributed by atoms with van der Waals surface area (Å²) in [5.74, 6) is 3.06. The maximum Gasteiger partial charge on any atom is 0.231 e.